The van der Waals surface area contributed by atoms with Gasteiger partial charge in [-0.15, -0.1) is 0 Å². The molecule has 5 heteroatoms. The van der Waals surface area contributed by atoms with Crippen molar-refractivity contribution in [3.05, 3.63) is 59.9 Å². The van der Waals surface area contributed by atoms with E-state index in [0.29, 0.717) is 0 Å². The molecule has 0 saturated carbocycles. The van der Waals surface area contributed by atoms with E-state index in [1.165, 1.54) is 11.1 Å². The molecule has 0 radical (unpaired) electrons. The lowest BCUT2D eigenvalue weighted by Crippen LogP contribution is -2.35. The summed E-state index contributed by atoms with van der Waals surface area (Å²) in [7, 11) is 0. The molecule has 2 heterocycles. The summed E-state index contributed by atoms with van der Waals surface area (Å²) in [4.78, 5) is 20.8. The summed E-state index contributed by atoms with van der Waals surface area (Å²) >= 11 is 0. The smallest absolute Gasteiger partial charge is 0.223 e. The van der Waals surface area contributed by atoms with Gasteiger partial charge in [0.2, 0.25) is 5.91 Å². The third-order valence-electron chi connectivity index (χ3n) is 4.79. The molecule has 0 aliphatic carbocycles. The van der Waals surface area contributed by atoms with Crippen molar-refractivity contribution in [3.8, 4) is 0 Å². The van der Waals surface area contributed by atoms with Crippen molar-refractivity contribution < 1.29 is 4.79 Å². The summed E-state index contributed by atoms with van der Waals surface area (Å²) in [6.45, 7) is 7.09. The Morgan fingerprint density at radius 1 is 1.12 bits per heavy atom. The maximum Gasteiger partial charge on any atom is 0.223 e. The predicted octanol–water partition coefficient (Wildman–Crippen LogP) is 2.82. The Balaban J connectivity index is 1.72. The number of amides is 1. The summed E-state index contributed by atoms with van der Waals surface area (Å²) in [5.74, 6) is 0.105. The van der Waals surface area contributed by atoms with Crippen LogP contribution in [0.25, 0.3) is 0 Å². The Kier molecular flexibility index (Phi) is 6.75. The number of rotatable bonds is 2. The molecule has 1 aliphatic heterocycles. The molecule has 26 heavy (non-hydrogen) atoms. The number of aromatic nitrogens is 1. The SMILES string of the molecule is CC(=O)N1CCCN(Cc2cccnc2)CCCNCc2ccccc21. The predicted molar refractivity (Wildman–Crippen MR) is 105 cm³/mol. The summed E-state index contributed by atoms with van der Waals surface area (Å²) in [5, 5.41) is 3.53. The van der Waals surface area contributed by atoms with Crippen molar-refractivity contribution >= 4 is 11.6 Å². The minimum absolute atomic E-state index is 0.105. The lowest BCUT2D eigenvalue weighted by molar-refractivity contribution is -0.116. The Morgan fingerprint density at radius 3 is 2.77 bits per heavy atom. The first-order valence-corrected chi connectivity index (χ1v) is 9.42. The molecule has 138 valence electrons. The summed E-state index contributed by atoms with van der Waals surface area (Å²) in [5.41, 5.74) is 3.46. The van der Waals surface area contributed by atoms with E-state index in [2.05, 4.69) is 33.4 Å². The zero-order valence-electron chi connectivity index (χ0n) is 15.5. The van der Waals surface area contributed by atoms with Crippen molar-refractivity contribution in [2.75, 3.05) is 31.1 Å². The lowest BCUT2D eigenvalue weighted by Gasteiger charge is -2.28. The summed E-state index contributed by atoms with van der Waals surface area (Å²) in [6.07, 6.45) is 5.82. The Bertz CT molecular complexity index is 704. The van der Waals surface area contributed by atoms with E-state index < -0.39 is 0 Å². The number of pyridine rings is 1. The second-order valence-electron chi connectivity index (χ2n) is 6.82. The molecule has 1 aliphatic rings. The molecule has 1 amide bonds. The second-order valence-corrected chi connectivity index (χ2v) is 6.82. The van der Waals surface area contributed by atoms with Gasteiger partial charge in [0.1, 0.15) is 0 Å². The number of anilines is 1. The van der Waals surface area contributed by atoms with Crippen LogP contribution in [0.4, 0.5) is 5.69 Å². The zero-order chi connectivity index (χ0) is 18.2. The van der Waals surface area contributed by atoms with E-state index in [4.69, 9.17) is 0 Å². The molecule has 5 nitrogen and oxygen atoms in total. The van der Waals surface area contributed by atoms with Crippen LogP contribution < -0.4 is 10.2 Å². The molecule has 0 fully saturated rings. The molecule has 0 saturated heterocycles. The highest BCUT2D eigenvalue weighted by atomic mass is 16.2. The number of fused-ring (bicyclic) bond motifs is 1. The first kappa shape index (κ1) is 18.5. The van der Waals surface area contributed by atoms with Gasteiger partial charge in [0.05, 0.1) is 0 Å². The van der Waals surface area contributed by atoms with Crippen LogP contribution in [0.15, 0.2) is 48.8 Å². The molecule has 0 atom stereocenters. The number of benzene rings is 1. The van der Waals surface area contributed by atoms with Crippen LogP contribution >= 0.6 is 0 Å². The van der Waals surface area contributed by atoms with Gasteiger partial charge >= 0.3 is 0 Å². The van der Waals surface area contributed by atoms with Gasteiger partial charge in [-0.25, -0.2) is 0 Å². The highest BCUT2D eigenvalue weighted by molar-refractivity contribution is 5.92. The fourth-order valence-electron chi connectivity index (χ4n) is 3.49. The average Bonchev–Trinajstić information content (AvgIpc) is 2.64. The lowest BCUT2D eigenvalue weighted by atomic mass is 10.1. The number of carbonyl (C=O) groups is 1. The van der Waals surface area contributed by atoms with Crippen molar-refractivity contribution in [2.24, 2.45) is 0 Å². The molecule has 0 unspecified atom stereocenters. The average molecular weight is 352 g/mol. The van der Waals surface area contributed by atoms with Crippen LogP contribution in [-0.4, -0.2) is 42.0 Å². The maximum atomic E-state index is 12.2. The Hall–Kier alpha value is -2.24. The zero-order valence-corrected chi connectivity index (χ0v) is 15.5. The minimum atomic E-state index is 0.105. The van der Waals surface area contributed by atoms with Gasteiger partial charge in [0.25, 0.3) is 0 Å². The number of carbonyl (C=O) groups excluding carboxylic acids is 1. The molecule has 0 bridgehead atoms. The number of para-hydroxylation sites is 1. The quantitative estimate of drug-likeness (QED) is 0.903. The normalized spacial score (nSPS) is 17.0. The van der Waals surface area contributed by atoms with E-state index in [-0.39, 0.29) is 5.91 Å². The highest BCUT2D eigenvalue weighted by Gasteiger charge is 2.16. The van der Waals surface area contributed by atoms with Crippen LogP contribution in [0.1, 0.15) is 30.9 Å². The molecule has 3 rings (SSSR count). The highest BCUT2D eigenvalue weighted by Crippen LogP contribution is 2.21. The molecule has 0 spiro atoms. The third-order valence-corrected chi connectivity index (χ3v) is 4.79. The van der Waals surface area contributed by atoms with E-state index in [9.17, 15) is 4.79 Å². The van der Waals surface area contributed by atoms with Gasteiger partial charge in [-0.2, -0.15) is 0 Å². The number of nitrogens with zero attached hydrogens (tertiary/aromatic N) is 3. The molecular weight excluding hydrogens is 324 g/mol. The Morgan fingerprint density at radius 2 is 1.96 bits per heavy atom. The fraction of sp³-hybridized carbons (Fsp3) is 0.429. The molecule has 1 N–H and O–H groups in total. The molecular formula is C21H28N4O. The van der Waals surface area contributed by atoms with Crippen molar-refractivity contribution in [1.82, 2.24) is 15.2 Å². The van der Waals surface area contributed by atoms with Crippen molar-refractivity contribution in [3.63, 3.8) is 0 Å². The van der Waals surface area contributed by atoms with Gasteiger partial charge in [0, 0.05) is 51.2 Å². The molecule has 1 aromatic heterocycles. The minimum Gasteiger partial charge on any atom is -0.313 e. The van der Waals surface area contributed by atoms with E-state index in [1.807, 2.05) is 35.5 Å². The van der Waals surface area contributed by atoms with Gasteiger partial charge < -0.3 is 10.2 Å². The first-order chi connectivity index (χ1) is 12.7. The van der Waals surface area contributed by atoms with Gasteiger partial charge in [-0.1, -0.05) is 24.3 Å². The standard InChI is InChI=1S/C21H28N4O/c1-18(26)25-14-6-13-24(17-19-7-4-10-22-15-19)12-5-11-23-16-20-8-2-3-9-21(20)25/h2-4,7-10,15,23H,5-6,11-14,16-17H2,1H3. The Labute approximate surface area is 156 Å². The van der Waals surface area contributed by atoms with Gasteiger partial charge in [0.15, 0.2) is 0 Å². The van der Waals surface area contributed by atoms with Crippen molar-refractivity contribution in [2.45, 2.75) is 32.9 Å². The van der Waals surface area contributed by atoms with E-state index in [0.717, 1.165) is 57.8 Å². The van der Waals surface area contributed by atoms with E-state index in [1.54, 1.807) is 6.92 Å². The van der Waals surface area contributed by atoms with Gasteiger partial charge in [-0.3, -0.25) is 14.7 Å². The number of hydrogen-bond acceptors (Lipinski definition) is 4. The first-order valence-electron chi connectivity index (χ1n) is 9.42. The van der Waals surface area contributed by atoms with Crippen LogP contribution in [0, 0.1) is 0 Å². The van der Waals surface area contributed by atoms with Crippen LogP contribution in [0.2, 0.25) is 0 Å². The van der Waals surface area contributed by atoms with Crippen LogP contribution in [0.3, 0.4) is 0 Å². The maximum absolute atomic E-state index is 12.2. The topological polar surface area (TPSA) is 48.5 Å². The summed E-state index contributed by atoms with van der Waals surface area (Å²) < 4.78 is 0. The molecule has 2 aromatic rings. The number of hydrogen-bond donors (Lipinski definition) is 1. The van der Waals surface area contributed by atoms with Gasteiger partial charge in [-0.05, 0) is 49.2 Å². The fourth-order valence-corrected chi connectivity index (χ4v) is 3.49. The largest absolute Gasteiger partial charge is 0.313 e. The molecule has 1 aromatic carbocycles. The second kappa shape index (κ2) is 9.46. The van der Waals surface area contributed by atoms with E-state index >= 15 is 0 Å². The summed E-state index contributed by atoms with van der Waals surface area (Å²) in [6, 6.07) is 12.3. The monoisotopic (exact) mass is 352 g/mol. The van der Waals surface area contributed by atoms with Crippen molar-refractivity contribution in [1.29, 1.82) is 0 Å². The van der Waals surface area contributed by atoms with Crippen LogP contribution in [0.5, 0.6) is 0 Å². The number of nitrogens with one attached hydrogen (secondary N) is 1. The third kappa shape index (κ3) is 5.13. The van der Waals surface area contributed by atoms with Crippen LogP contribution in [-0.2, 0) is 17.9 Å².